The van der Waals surface area contributed by atoms with Crippen LogP contribution in [0.4, 0.5) is 0 Å². The van der Waals surface area contributed by atoms with E-state index in [9.17, 15) is 18.0 Å². The largest absolute Gasteiger partial charge is 0.464 e. The maximum absolute atomic E-state index is 13.3. The van der Waals surface area contributed by atoms with Gasteiger partial charge >= 0.3 is 5.97 Å². The molecule has 0 amide bonds. The Hall–Kier alpha value is -3.30. The minimum Gasteiger partial charge on any atom is -0.464 e. The molecule has 0 aliphatic carbocycles. The monoisotopic (exact) mass is 455 g/mol. The third-order valence-electron chi connectivity index (χ3n) is 5.15. The average molecular weight is 456 g/mol. The van der Waals surface area contributed by atoms with Gasteiger partial charge in [-0.05, 0) is 43.7 Å². The van der Waals surface area contributed by atoms with Crippen molar-refractivity contribution in [3.8, 4) is 0 Å². The van der Waals surface area contributed by atoms with Crippen LogP contribution in [-0.4, -0.2) is 54.6 Å². The molecule has 9 heteroatoms. The van der Waals surface area contributed by atoms with Gasteiger partial charge in [0.25, 0.3) is 0 Å². The topological polar surface area (TPSA) is 109 Å². The van der Waals surface area contributed by atoms with E-state index in [2.05, 4.69) is 9.97 Å². The number of ether oxygens (including phenoxy) is 1. The Morgan fingerprint density at radius 1 is 1.06 bits per heavy atom. The Kier molecular flexibility index (Phi) is 7.22. The minimum atomic E-state index is -3.93. The first-order valence-corrected chi connectivity index (χ1v) is 11.5. The lowest BCUT2D eigenvalue weighted by molar-refractivity contribution is 0.0594. The van der Waals surface area contributed by atoms with Crippen molar-refractivity contribution in [1.29, 1.82) is 0 Å². The van der Waals surface area contributed by atoms with Crippen LogP contribution in [0.25, 0.3) is 0 Å². The molecule has 0 spiro atoms. The molecule has 32 heavy (non-hydrogen) atoms. The molecular weight excluding hydrogens is 430 g/mol. The van der Waals surface area contributed by atoms with Crippen molar-refractivity contribution >= 4 is 21.8 Å². The van der Waals surface area contributed by atoms with Crippen molar-refractivity contribution in [2.45, 2.75) is 25.2 Å². The molecule has 2 heterocycles. The number of Topliss-reactive ketones (excluding diaryl/α,β-unsaturated/α-hetero) is 1. The number of nitrogens with one attached hydrogen (secondary N) is 1. The molecule has 168 valence electrons. The molecular formula is C23H25N3O5S. The second kappa shape index (κ2) is 9.88. The maximum atomic E-state index is 13.3. The van der Waals surface area contributed by atoms with Gasteiger partial charge in [0.2, 0.25) is 10.0 Å². The Labute approximate surface area is 187 Å². The summed E-state index contributed by atoms with van der Waals surface area (Å²) in [4.78, 5) is 32.4. The quantitative estimate of drug-likeness (QED) is 0.392. The average Bonchev–Trinajstić information content (AvgIpc) is 3.11. The number of rotatable bonds is 9. The fourth-order valence-corrected chi connectivity index (χ4v) is 4.94. The summed E-state index contributed by atoms with van der Waals surface area (Å²) in [5.41, 5.74) is 2.10. The standard InChI is InChI=1S/C23H25N3O5S/c1-16-21(17(2)25-22(16)23(28)31-3)20(27)15-26(14-12-18-9-7-8-13-24-18)32(29,30)19-10-5-4-6-11-19/h4-11,13,25H,12,14-15H2,1-3H3. The van der Waals surface area contributed by atoms with Crippen LogP contribution in [0.15, 0.2) is 59.6 Å². The lowest BCUT2D eigenvalue weighted by Gasteiger charge is -2.22. The third-order valence-corrected chi connectivity index (χ3v) is 7.01. The van der Waals surface area contributed by atoms with Crippen LogP contribution in [0, 0.1) is 13.8 Å². The van der Waals surface area contributed by atoms with E-state index in [0.29, 0.717) is 17.7 Å². The van der Waals surface area contributed by atoms with E-state index in [4.69, 9.17) is 4.74 Å². The van der Waals surface area contributed by atoms with E-state index in [1.54, 1.807) is 50.4 Å². The normalized spacial score (nSPS) is 11.5. The molecule has 0 fully saturated rings. The Morgan fingerprint density at radius 3 is 2.38 bits per heavy atom. The van der Waals surface area contributed by atoms with E-state index in [0.717, 1.165) is 10.00 Å². The summed E-state index contributed by atoms with van der Waals surface area (Å²) < 4.78 is 32.5. The maximum Gasteiger partial charge on any atom is 0.354 e. The number of H-pyrrole nitrogens is 1. The van der Waals surface area contributed by atoms with Gasteiger partial charge in [0.05, 0.1) is 18.6 Å². The number of benzene rings is 1. The lowest BCUT2D eigenvalue weighted by atomic mass is 10.1. The predicted octanol–water partition coefficient (Wildman–Crippen LogP) is 2.93. The van der Waals surface area contributed by atoms with Crippen LogP contribution in [-0.2, 0) is 21.2 Å². The van der Waals surface area contributed by atoms with Crippen molar-refractivity contribution in [3.63, 3.8) is 0 Å². The number of carbonyl (C=O) groups is 2. The van der Waals surface area contributed by atoms with Gasteiger partial charge in [-0.15, -0.1) is 0 Å². The van der Waals surface area contributed by atoms with Crippen molar-refractivity contribution in [2.24, 2.45) is 0 Å². The van der Waals surface area contributed by atoms with Gasteiger partial charge in [-0.3, -0.25) is 9.78 Å². The molecule has 0 bridgehead atoms. The molecule has 8 nitrogen and oxygen atoms in total. The second-order valence-corrected chi connectivity index (χ2v) is 9.20. The van der Waals surface area contributed by atoms with E-state index in [-0.39, 0.29) is 29.2 Å². The molecule has 3 rings (SSSR count). The van der Waals surface area contributed by atoms with Gasteiger partial charge in [-0.25, -0.2) is 13.2 Å². The van der Waals surface area contributed by atoms with E-state index in [1.807, 2.05) is 6.07 Å². The SMILES string of the molecule is COC(=O)c1[nH]c(C)c(C(=O)CN(CCc2ccccn2)S(=O)(=O)c2ccccc2)c1C. The second-order valence-electron chi connectivity index (χ2n) is 7.26. The first-order chi connectivity index (χ1) is 15.3. The van der Waals surface area contributed by atoms with Gasteiger partial charge in [0.15, 0.2) is 5.78 Å². The summed E-state index contributed by atoms with van der Waals surface area (Å²) in [5.74, 6) is -1.000. The Morgan fingerprint density at radius 2 is 1.75 bits per heavy atom. The van der Waals surface area contributed by atoms with Gasteiger partial charge in [0, 0.05) is 36.1 Å². The van der Waals surface area contributed by atoms with Crippen LogP contribution < -0.4 is 0 Å². The molecule has 1 N–H and O–H groups in total. The highest BCUT2D eigenvalue weighted by atomic mass is 32.2. The van der Waals surface area contributed by atoms with E-state index < -0.39 is 21.8 Å². The fraction of sp³-hybridized carbons (Fsp3) is 0.261. The van der Waals surface area contributed by atoms with Crippen molar-refractivity contribution < 1.29 is 22.7 Å². The number of methoxy groups -OCH3 is 1. The predicted molar refractivity (Wildman–Crippen MR) is 119 cm³/mol. The van der Waals surface area contributed by atoms with E-state index >= 15 is 0 Å². The van der Waals surface area contributed by atoms with Crippen LogP contribution in [0.1, 0.15) is 37.8 Å². The molecule has 1 aromatic carbocycles. The number of sulfonamides is 1. The summed E-state index contributed by atoms with van der Waals surface area (Å²) >= 11 is 0. The number of aromatic nitrogens is 2. The van der Waals surface area contributed by atoms with Crippen molar-refractivity contribution in [1.82, 2.24) is 14.3 Å². The highest BCUT2D eigenvalue weighted by molar-refractivity contribution is 7.89. The Balaban J connectivity index is 1.93. The minimum absolute atomic E-state index is 0.0758. The summed E-state index contributed by atoms with van der Waals surface area (Å²) in [6.45, 7) is 3.00. The molecule has 3 aromatic rings. The highest BCUT2D eigenvalue weighted by Gasteiger charge is 2.29. The zero-order chi connectivity index (χ0) is 23.3. The highest BCUT2D eigenvalue weighted by Crippen LogP contribution is 2.22. The smallest absolute Gasteiger partial charge is 0.354 e. The molecule has 0 atom stereocenters. The number of hydrogen-bond acceptors (Lipinski definition) is 6. The van der Waals surface area contributed by atoms with Gasteiger partial charge < -0.3 is 9.72 Å². The molecule has 0 unspecified atom stereocenters. The molecule has 0 aliphatic heterocycles. The number of esters is 1. The van der Waals surface area contributed by atoms with Gasteiger partial charge in [-0.2, -0.15) is 4.31 Å². The first kappa shape index (κ1) is 23.4. The number of pyridine rings is 1. The van der Waals surface area contributed by atoms with Crippen LogP contribution in [0.2, 0.25) is 0 Å². The molecule has 2 aromatic heterocycles. The number of aromatic amines is 1. The number of ketones is 1. The number of aryl methyl sites for hydroxylation is 1. The lowest BCUT2D eigenvalue weighted by Crippen LogP contribution is -2.37. The first-order valence-electron chi connectivity index (χ1n) is 10.0. The fourth-order valence-electron chi connectivity index (χ4n) is 3.52. The van der Waals surface area contributed by atoms with Crippen molar-refractivity contribution in [2.75, 3.05) is 20.2 Å². The summed E-state index contributed by atoms with van der Waals surface area (Å²) in [5, 5.41) is 0. The zero-order valence-corrected chi connectivity index (χ0v) is 19.0. The Bertz CT molecular complexity index is 1210. The van der Waals surface area contributed by atoms with Crippen LogP contribution in [0.3, 0.4) is 0 Å². The summed E-state index contributed by atoms with van der Waals surface area (Å²) in [6, 6.07) is 13.4. The molecule has 0 saturated heterocycles. The number of hydrogen-bond donors (Lipinski definition) is 1. The van der Waals surface area contributed by atoms with Gasteiger partial charge in [0.1, 0.15) is 5.69 Å². The third kappa shape index (κ3) is 4.95. The number of nitrogens with zero attached hydrogens (tertiary/aromatic N) is 2. The molecule has 0 radical (unpaired) electrons. The number of carbonyl (C=O) groups excluding carboxylic acids is 2. The van der Waals surface area contributed by atoms with E-state index in [1.165, 1.54) is 19.2 Å². The molecule has 0 saturated carbocycles. The van der Waals surface area contributed by atoms with Crippen molar-refractivity contribution in [3.05, 3.63) is 82.9 Å². The summed E-state index contributed by atoms with van der Waals surface area (Å²) in [7, 11) is -2.68. The molecule has 0 aliphatic rings. The van der Waals surface area contributed by atoms with Gasteiger partial charge in [-0.1, -0.05) is 24.3 Å². The van der Waals surface area contributed by atoms with Crippen LogP contribution >= 0.6 is 0 Å². The van der Waals surface area contributed by atoms with Crippen LogP contribution in [0.5, 0.6) is 0 Å². The summed E-state index contributed by atoms with van der Waals surface area (Å²) in [6.07, 6.45) is 1.98. The zero-order valence-electron chi connectivity index (χ0n) is 18.2.